The maximum Gasteiger partial charge on any atom is 0.117 e. The lowest BCUT2D eigenvalue weighted by atomic mass is 9.67. The minimum absolute atomic E-state index is 0.166. The standard InChI is InChI=1S/C23H41NOSi/c1-8-9-10-11-15-24-16-14-23(4,18(2)17-24)20-12-13-21(26(5,6)7)22(25)19(20)3/h12-13,18,25H,8-11,14-17H2,1-7H3/t18-,23-/m0/s1. The van der Waals surface area contributed by atoms with Crippen molar-refractivity contribution in [3.05, 3.63) is 23.3 Å². The Hall–Kier alpha value is -0.803. The lowest BCUT2D eigenvalue weighted by molar-refractivity contribution is 0.109. The van der Waals surface area contributed by atoms with Crippen LogP contribution in [0.4, 0.5) is 0 Å². The first-order valence-electron chi connectivity index (χ1n) is 10.7. The molecule has 1 aliphatic heterocycles. The molecule has 1 aromatic rings. The van der Waals surface area contributed by atoms with E-state index in [4.69, 9.17) is 0 Å². The number of nitrogens with zero attached hydrogens (tertiary/aromatic N) is 1. The first-order chi connectivity index (χ1) is 12.1. The van der Waals surface area contributed by atoms with Gasteiger partial charge in [0.05, 0.1) is 8.07 Å². The summed E-state index contributed by atoms with van der Waals surface area (Å²) >= 11 is 0. The molecule has 0 saturated carbocycles. The van der Waals surface area contributed by atoms with Gasteiger partial charge >= 0.3 is 0 Å². The smallest absolute Gasteiger partial charge is 0.117 e. The van der Waals surface area contributed by atoms with Crippen molar-refractivity contribution in [1.82, 2.24) is 4.90 Å². The van der Waals surface area contributed by atoms with E-state index in [1.165, 1.54) is 62.5 Å². The maximum atomic E-state index is 10.9. The zero-order valence-electron chi connectivity index (χ0n) is 18.3. The van der Waals surface area contributed by atoms with Crippen molar-refractivity contribution in [2.75, 3.05) is 19.6 Å². The van der Waals surface area contributed by atoms with Gasteiger partial charge in [-0.2, -0.15) is 0 Å². The number of hydrogen-bond acceptors (Lipinski definition) is 2. The number of aromatic hydroxyl groups is 1. The molecule has 0 aliphatic carbocycles. The maximum absolute atomic E-state index is 10.9. The number of benzene rings is 1. The van der Waals surface area contributed by atoms with Crippen LogP contribution < -0.4 is 5.19 Å². The van der Waals surface area contributed by atoms with Crippen molar-refractivity contribution in [3.8, 4) is 5.75 Å². The van der Waals surface area contributed by atoms with Crippen LogP contribution in [-0.4, -0.2) is 37.7 Å². The van der Waals surface area contributed by atoms with Gasteiger partial charge in [-0.1, -0.05) is 71.8 Å². The van der Waals surface area contributed by atoms with E-state index in [1.807, 2.05) is 0 Å². The van der Waals surface area contributed by atoms with Gasteiger partial charge in [-0.3, -0.25) is 0 Å². The molecule has 0 aromatic heterocycles. The van der Waals surface area contributed by atoms with Gasteiger partial charge in [0, 0.05) is 6.54 Å². The Kier molecular flexibility index (Phi) is 7.01. The normalized spacial score (nSPS) is 24.8. The fraction of sp³-hybridized carbons (Fsp3) is 0.739. The minimum Gasteiger partial charge on any atom is -0.508 e. The third-order valence-corrected chi connectivity index (χ3v) is 8.77. The Labute approximate surface area is 163 Å². The topological polar surface area (TPSA) is 23.5 Å². The summed E-state index contributed by atoms with van der Waals surface area (Å²) in [4.78, 5) is 2.66. The summed E-state index contributed by atoms with van der Waals surface area (Å²) in [7, 11) is -1.51. The van der Waals surface area contributed by atoms with Crippen molar-refractivity contribution < 1.29 is 5.11 Å². The lowest BCUT2D eigenvalue weighted by Crippen LogP contribution is -2.48. The molecule has 148 valence electrons. The number of phenolic OH excluding ortho intramolecular Hbond substituents is 1. The van der Waals surface area contributed by atoms with Gasteiger partial charge < -0.3 is 10.0 Å². The average Bonchev–Trinajstić information content (AvgIpc) is 2.56. The number of likely N-dealkylation sites (tertiary alicyclic amines) is 1. The van der Waals surface area contributed by atoms with Gasteiger partial charge in [0.2, 0.25) is 0 Å². The molecular weight excluding hydrogens is 334 g/mol. The SMILES string of the molecule is CCCCCCN1CC[C@](C)(c2ccc([Si](C)(C)C)c(O)c2C)[C@@H](C)C1. The molecule has 0 unspecified atom stereocenters. The summed E-state index contributed by atoms with van der Waals surface area (Å²) < 4.78 is 0. The first kappa shape index (κ1) is 21.5. The Balaban J connectivity index is 2.15. The van der Waals surface area contributed by atoms with Gasteiger partial charge in [-0.25, -0.2) is 0 Å². The van der Waals surface area contributed by atoms with Gasteiger partial charge in [0.15, 0.2) is 0 Å². The molecule has 1 aliphatic rings. The van der Waals surface area contributed by atoms with Crippen LogP contribution in [-0.2, 0) is 5.41 Å². The van der Waals surface area contributed by atoms with Gasteiger partial charge in [0.25, 0.3) is 0 Å². The fourth-order valence-electron chi connectivity index (χ4n) is 4.61. The molecule has 0 spiro atoms. The number of unbranched alkanes of at least 4 members (excludes halogenated alkanes) is 3. The highest BCUT2D eigenvalue weighted by Crippen LogP contribution is 2.42. The number of hydrogen-bond donors (Lipinski definition) is 1. The van der Waals surface area contributed by atoms with Crippen molar-refractivity contribution >= 4 is 13.3 Å². The Morgan fingerprint density at radius 2 is 1.88 bits per heavy atom. The molecule has 2 nitrogen and oxygen atoms in total. The minimum atomic E-state index is -1.51. The van der Waals surface area contributed by atoms with Gasteiger partial charge in [-0.05, 0) is 60.5 Å². The van der Waals surface area contributed by atoms with Crippen molar-refractivity contribution in [2.24, 2.45) is 5.92 Å². The third-order valence-electron chi connectivity index (χ3n) is 6.75. The van der Waals surface area contributed by atoms with Crippen LogP contribution >= 0.6 is 0 Å². The zero-order valence-corrected chi connectivity index (χ0v) is 19.3. The molecule has 0 bridgehead atoms. The third kappa shape index (κ3) is 4.54. The molecule has 1 N–H and O–H groups in total. The molecule has 1 fully saturated rings. The molecule has 0 amide bonds. The summed E-state index contributed by atoms with van der Waals surface area (Å²) in [6, 6.07) is 4.55. The second-order valence-electron chi connectivity index (χ2n) is 9.81. The van der Waals surface area contributed by atoms with E-state index >= 15 is 0 Å². The van der Waals surface area contributed by atoms with E-state index in [-0.39, 0.29) is 5.41 Å². The van der Waals surface area contributed by atoms with Crippen LogP contribution in [0.25, 0.3) is 0 Å². The molecule has 0 radical (unpaired) electrons. The molecule has 2 atom stereocenters. The largest absolute Gasteiger partial charge is 0.508 e. The number of piperidine rings is 1. The highest BCUT2D eigenvalue weighted by molar-refractivity contribution is 6.89. The predicted molar refractivity (Wildman–Crippen MR) is 118 cm³/mol. The van der Waals surface area contributed by atoms with Gasteiger partial charge in [-0.15, -0.1) is 0 Å². The van der Waals surface area contributed by atoms with E-state index < -0.39 is 8.07 Å². The zero-order chi connectivity index (χ0) is 19.5. The summed E-state index contributed by atoms with van der Waals surface area (Å²) in [6.07, 6.45) is 6.56. The molecular formula is C23H41NOSi. The van der Waals surface area contributed by atoms with Gasteiger partial charge in [0.1, 0.15) is 5.75 Å². The Morgan fingerprint density at radius 3 is 2.46 bits per heavy atom. The summed E-state index contributed by atoms with van der Waals surface area (Å²) in [6.45, 7) is 19.8. The van der Waals surface area contributed by atoms with Crippen molar-refractivity contribution in [1.29, 1.82) is 0 Å². The summed E-state index contributed by atoms with van der Waals surface area (Å²) in [5, 5.41) is 12.1. The molecule has 26 heavy (non-hydrogen) atoms. The van der Waals surface area contributed by atoms with E-state index in [9.17, 15) is 5.11 Å². The van der Waals surface area contributed by atoms with Crippen LogP contribution in [0.15, 0.2) is 12.1 Å². The highest BCUT2D eigenvalue weighted by Gasteiger charge is 2.39. The summed E-state index contributed by atoms with van der Waals surface area (Å²) in [5.41, 5.74) is 2.66. The Bertz CT molecular complexity index is 607. The molecule has 1 heterocycles. The monoisotopic (exact) mass is 375 g/mol. The first-order valence-corrected chi connectivity index (χ1v) is 14.2. The second-order valence-corrected chi connectivity index (χ2v) is 14.9. The molecule has 1 saturated heterocycles. The van der Waals surface area contributed by atoms with E-state index in [2.05, 4.69) is 64.4 Å². The average molecular weight is 376 g/mol. The predicted octanol–water partition coefficient (Wildman–Crippen LogP) is 5.43. The molecule has 1 aromatic carbocycles. The van der Waals surface area contributed by atoms with E-state index in [0.717, 1.165) is 5.56 Å². The van der Waals surface area contributed by atoms with Crippen molar-refractivity contribution in [3.63, 3.8) is 0 Å². The number of rotatable bonds is 7. The van der Waals surface area contributed by atoms with Crippen molar-refractivity contribution in [2.45, 2.75) is 84.9 Å². The van der Waals surface area contributed by atoms with Crippen LogP contribution in [0.1, 0.15) is 64.0 Å². The highest BCUT2D eigenvalue weighted by atomic mass is 28.3. The fourth-order valence-corrected chi connectivity index (χ4v) is 6.09. The number of phenols is 1. The second kappa shape index (κ2) is 8.47. The van der Waals surface area contributed by atoms with Crippen LogP contribution in [0.3, 0.4) is 0 Å². The van der Waals surface area contributed by atoms with Crippen LogP contribution in [0.2, 0.25) is 19.6 Å². The quantitative estimate of drug-likeness (QED) is 0.508. The lowest BCUT2D eigenvalue weighted by Gasteiger charge is -2.46. The molecule has 3 heteroatoms. The van der Waals surface area contributed by atoms with E-state index in [0.29, 0.717) is 11.7 Å². The van der Waals surface area contributed by atoms with Crippen LogP contribution in [0, 0.1) is 12.8 Å². The molecule has 2 rings (SSSR count). The van der Waals surface area contributed by atoms with Crippen LogP contribution in [0.5, 0.6) is 5.75 Å². The van der Waals surface area contributed by atoms with E-state index in [1.54, 1.807) is 0 Å². The Morgan fingerprint density at radius 1 is 1.19 bits per heavy atom. The summed E-state index contributed by atoms with van der Waals surface area (Å²) in [5.74, 6) is 1.18.